The molecule has 1 heterocycles. The van der Waals surface area contributed by atoms with Gasteiger partial charge in [0.1, 0.15) is 0 Å². The molecule has 0 spiro atoms. The molecule has 9 heteroatoms. The average Bonchev–Trinajstić information content (AvgIpc) is 3.48. The van der Waals surface area contributed by atoms with E-state index in [9.17, 15) is 14.4 Å². The number of nitrogens with zero attached hydrogens (tertiary/aromatic N) is 2. The second kappa shape index (κ2) is 15.4. The van der Waals surface area contributed by atoms with Crippen LogP contribution < -0.4 is 4.90 Å². The van der Waals surface area contributed by atoms with Crippen molar-refractivity contribution in [3.63, 3.8) is 0 Å². The molecule has 1 unspecified atom stereocenters. The van der Waals surface area contributed by atoms with Gasteiger partial charge in [0.15, 0.2) is 6.04 Å². The van der Waals surface area contributed by atoms with E-state index in [4.69, 9.17) is 14.9 Å². The van der Waals surface area contributed by atoms with Crippen molar-refractivity contribution in [3.05, 3.63) is 113 Å². The van der Waals surface area contributed by atoms with Crippen molar-refractivity contribution in [3.8, 4) is 0 Å². The Bertz CT molecular complexity index is 1240. The van der Waals surface area contributed by atoms with Crippen LogP contribution in [0.2, 0.25) is 0 Å². The molecule has 1 aromatic heterocycles. The van der Waals surface area contributed by atoms with Crippen LogP contribution in [0.3, 0.4) is 0 Å². The molecule has 2 N–H and O–H groups in total. The van der Waals surface area contributed by atoms with E-state index < -0.39 is 17.9 Å². The number of aliphatic carboxylic acids is 1. The third kappa shape index (κ3) is 8.75. The molecular weight excluding hydrogens is 516 g/mol. The van der Waals surface area contributed by atoms with Crippen LogP contribution in [0.15, 0.2) is 96.9 Å². The van der Waals surface area contributed by atoms with Gasteiger partial charge < -0.3 is 19.8 Å². The summed E-state index contributed by atoms with van der Waals surface area (Å²) in [5.41, 5.74) is 2.32. The molecule has 2 amide bonds. The van der Waals surface area contributed by atoms with E-state index in [0.717, 1.165) is 23.3 Å². The van der Waals surface area contributed by atoms with E-state index in [0.29, 0.717) is 30.1 Å². The van der Waals surface area contributed by atoms with Crippen molar-refractivity contribution in [1.29, 1.82) is 0 Å². The van der Waals surface area contributed by atoms with Crippen molar-refractivity contribution in [2.45, 2.75) is 19.0 Å². The number of hydrogen-bond donors (Lipinski definition) is 2. The van der Waals surface area contributed by atoms with E-state index in [1.165, 1.54) is 16.2 Å². The van der Waals surface area contributed by atoms with E-state index in [1.54, 1.807) is 35.2 Å². The molecule has 0 radical (unpaired) electrons. The summed E-state index contributed by atoms with van der Waals surface area (Å²) >= 11 is 1.34. The molecule has 204 valence electrons. The molecule has 0 saturated heterocycles. The van der Waals surface area contributed by atoms with Crippen molar-refractivity contribution >= 4 is 34.8 Å². The Labute approximate surface area is 232 Å². The van der Waals surface area contributed by atoms with Gasteiger partial charge in [-0.1, -0.05) is 54.6 Å². The number of hydrogen-bond acceptors (Lipinski definition) is 6. The summed E-state index contributed by atoms with van der Waals surface area (Å²) < 4.78 is 5.34. The summed E-state index contributed by atoms with van der Waals surface area (Å²) in [6.45, 7) is 5.01. The molecule has 0 aliphatic heterocycles. The zero-order valence-corrected chi connectivity index (χ0v) is 22.3. The summed E-state index contributed by atoms with van der Waals surface area (Å²) in [7, 11) is 0. The molecule has 0 fully saturated rings. The number of rotatable bonds is 15. The minimum Gasteiger partial charge on any atom is -0.478 e. The Balaban J connectivity index is 2.02. The number of carbonyl (C=O) groups excluding carboxylic acids is 2. The van der Waals surface area contributed by atoms with Crippen LogP contribution in [0, 0.1) is 0 Å². The quantitative estimate of drug-likeness (QED) is 0.167. The minimum absolute atomic E-state index is 0.0504. The maximum absolute atomic E-state index is 14.2. The number of carboxylic acids is 1. The van der Waals surface area contributed by atoms with Crippen LogP contribution in [0.4, 0.5) is 5.69 Å². The molecular formula is C30H32N2O6S. The van der Waals surface area contributed by atoms with Crippen LogP contribution in [0.25, 0.3) is 0 Å². The van der Waals surface area contributed by atoms with Crippen LogP contribution in [0.1, 0.15) is 22.0 Å². The van der Waals surface area contributed by atoms with E-state index in [1.807, 2.05) is 47.8 Å². The lowest BCUT2D eigenvalue weighted by Gasteiger charge is -2.34. The number of aliphatic hydroxyl groups is 1. The van der Waals surface area contributed by atoms with Crippen molar-refractivity contribution in [1.82, 2.24) is 4.90 Å². The highest BCUT2D eigenvalue weighted by Crippen LogP contribution is 2.33. The molecule has 2 aromatic carbocycles. The van der Waals surface area contributed by atoms with Gasteiger partial charge in [-0.15, -0.1) is 17.9 Å². The summed E-state index contributed by atoms with van der Waals surface area (Å²) in [5, 5.41) is 19.9. The predicted octanol–water partition coefficient (Wildman–Crippen LogP) is 4.23. The predicted molar refractivity (Wildman–Crippen MR) is 151 cm³/mol. The normalized spacial score (nSPS) is 11.7. The fourth-order valence-electron chi connectivity index (χ4n) is 3.98. The molecule has 0 saturated carbocycles. The standard InChI is InChI=1S/C30H32N2O6S/c1-2-17-31(22-24-7-4-3-5-8-24)30(37)29(26-9-6-21-39-26)32(27(34)14-15-28(35)36)25-12-10-23(11-13-25)16-19-38-20-18-33/h2-15,21,29,33H,1,16-20,22H2,(H,35,36)/b15-14-. The number of carbonyl (C=O) groups is 3. The average molecular weight is 549 g/mol. The van der Waals surface area contributed by atoms with E-state index in [2.05, 4.69) is 6.58 Å². The lowest BCUT2D eigenvalue weighted by Crippen LogP contribution is -2.45. The first-order valence-corrected chi connectivity index (χ1v) is 13.3. The molecule has 8 nitrogen and oxygen atoms in total. The van der Waals surface area contributed by atoms with Crippen molar-refractivity contribution in [2.75, 3.05) is 31.3 Å². The number of thiophene rings is 1. The largest absolute Gasteiger partial charge is 0.478 e. The summed E-state index contributed by atoms with van der Waals surface area (Å²) in [4.78, 5) is 42.5. The fourth-order valence-corrected chi connectivity index (χ4v) is 4.78. The summed E-state index contributed by atoms with van der Waals surface area (Å²) in [5.74, 6) is -2.22. The zero-order chi connectivity index (χ0) is 28.0. The van der Waals surface area contributed by atoms with Gasteiger partial charge in [-0.3, -0.25) is 14.5 Å². The summed E-state index contributed by atoms with van der Waals surface area (Å²) in [6.07, 6.45) is 3.96. The van der Waals surface area contributed by atoms with Gasteiger partial charge in [0.25, 0.3) is 11.8 Å². The van der Waals surface area contributed by atoms with Crippen LogP contribution in [-0.4, -0.2) is 59.3 Å². The highest BCUT2D eigenvalue weighted by molar-refractivity contribution is 7.10. The lowest BCUT2D eigenvalue weighted by atomic mass is 10.1. The lowest BCUT2D eigenvalue weighted by molar-refractivity contribution is -0.134. The smallest absolute Gasteiger partial charge is 0.328 e. The maximum atomic E-state index is 14.2. The Morgan fingerprint density at radius 3 is 2.31 bits per heavy atom. The Morgan fingerprint density at radius 2 is 1.69 bits per heavy atom. The fraction of sp³-hybridized carbons (Fsp3) is 0.233. The summed E-state index contributed by atoms with van der Waals surface area (Å²) in [6, 6.07) is 19.2. The van der Waals surface area contributed by atoms with Gasteiger partial charge in [-0.2, -0.15) is 0 Å². The monoisotopic (exact) mass is 548 g/mol. The van der Waals surface area contributed by atoms with Gasteiger partial charge in [-0.05, 0) is 41.1 Å². The SMILES string of the molecule is C=CCN(Cc1ccccc1)C(=O)C(c1cccs1)N(C(=O)/C=C\C(=O)O)c1ccc(CCOCCO)cc1. The van der Waals surface area contributed by atoms with Crippen LogP contribution in [-0.2, 0) is 32.1 Å². The maximum Gasteiger partial charge on any atom is 0.328 e. The highest BCUT2D eigenvalue weighted by atomic mass is 32.1. The highest BCUT2D eigenvalue weighted by Gasteiger charge is 2.35. The van der Waals surface area contributed by atoms with Gasteiger partial charge in [0.05, 0.1) is 19.8 Å². The first-order chi connectivity index (χ1) is 18.9. The molecule has 3 rings (SSSR count). The third-order valence-electron chi connectivity index (χ3n) is 5.77. The first kappa shape index (κ1) is 29.5. The number of ether oxygens (including phenoxy) is 1. The van der Waals surface area contributed by atoms with Gasteiger partial charge in [0.2, 0.25) is 0 Å². The zero-order valence-electron chi connectivity index (χ0n) is 21.5. The van der Waals surface area contributed by atoms with E-state index in [-0.39, 0.29) is 25.7 Å². The van der Waals surface area contributed by atoms with Gasteiger partial charge in [-0.25, -0.2) is 4.79 Å². The van der Waals surface area contributed by atoms with Gasteiger partial charge in [0, 0.05) is 35.8 Å². The van der Waals surface area contributed by atoms with Gasteiger partial charge >= 0.3 is 5.97 Å². The Hall–Kier alpha value is -4.05. The second-order valence-corrected chi connectivity index (χ2v) is 9.52. The number of amides is 2. The Kier molecular flexibility index (Phi) is 11.6. The number of aliphatic hydroxyl groups excluding tert-OH is 1. The minimum atomic E-state index is -1.27. The molecule has 3 aromatic rings. The van der Waals surface area contributed by atoms with Crippen LogP contribution >= 0.6 is 11.3 Å². The Morgan fingerprint density at radius 1 is 0.949 bits per heavy atom. The van der Waals surface area contributed by atoms with E-state index >= 15 is 0 Å². The molecule has 39 heavy (non-hydrogen) atoms. The molecule has 1 atom stereocenters. The van der Waals surface area contributed by atoms with Crippen molar-refractivity contribution in [2.24, 2.45) is 0 Å². The van der Waals surface area contributed by atoms with Crippen LogP contribution in [0.5, 0.6) is 0 Å². The number of anilines is 1. The van der Waals surface area contributed by atoms with Crippen molar-refractivity contribution < 1.29 is 29.3 Å². The number of benzene rings is 2. The number of carboxylic acid groups (broad SMARTS) is 1. The molecule has 0 aliphatic rings. The second-order valence-electron chi connectivity index (χ2n) is 8.54. The molecule has 0 bridgehead atoms. The third-order valence-corrected chi connectivity index (χ3v) is 6.70. The molecule has 0 aliphatic carbocycles. The first-order valence-electron chi connectivity index (χ1n) is 12.4. The topological polar surface area (TPSA) is 107 Å².